The highest BCUT2D eigenvalue weighted by molar-refractivity contribution is 5.50. The summed E-state index contributed by atoms with van der Waals surface area (Å²) in [5.41, 5.74) is 1.37. The monoisotopic (exact) mass is 396 g/mol. The van der Waals surface area contributed by atoms with Crippen LogP contribution >= 0.6 is 0 Å². The Kier molecular flexibility index (Phi) is 6.19. The average molecular weight is 397 g/mol. The highest BCUT2D eigenvalue weighted by Gasteiger charge is 2.37. The van der Waals surface area contributed by atoms with Gasteiger partial charge in [0.15, 0.2) is 0 Å². The summed E-state index contributed by atoms with van der Waals surface area (Å²) >= 11 is 0. The van der Waals surface area contributed by atoms with Crippen LogP contribution in [-0.2, 0) is 5.41 Å². The zero-order chi connectivity index (χ0) is 20.1. The molecule has 6 heteroatoms. The molecule has 156 valence electrons. The largest absolute Gasteiger partial charge is 0.496 e. The van der Waals surface area contributed by atoms with Crippen molar-refractivity contribution in [2.75, 3.05) is 43.6 Å². The number of aromatic nitrogens is 2. The molecule has 1 saturated heterocycles. The van der Waals surface area contributed by atoms with E-state index in [0.717, 1.165) is 62.7 Å². The molecule has 2 N–H and O–H groups in total. The first-order valence-electron chi connectivity index (χ1n) is 10.8. The van der Waals surface area contributed by atoms with Gasteiger partial charge in [0.1, 0.15) is 23.7 Å². The van der Waals surface area contributed by atoms with Gasteiger partial charge in [-0.05, 0) is 37.7 Å². The molecule has 29 heavy (non-hydrogen) atoms. The van der Waals surface area contributed by atoms with Crippen LogP contribution in [0.2, 0.25) is 0 Å². The Morgan fingerprint density at radius 1 is 1.21 bits per heavy atom. The summed E-state index contributed by atoms with van der Waals surface area (Å²) in [4.78, 5) is 11.2. The van der Waals surface area contributed by atoms with E-state index in [0.29, 0.717) is 5.92 Å². The summed E-state index contributed by atoms with van der Waals surface area (Å²) in [6.45, 7) is 2.92. The van der Waals surface area contributed by atoms with E-state index < -0.39 is 0 Å². The van der Waals surface area contributed by atoms with Crippen LogP contribution in [0, 0.1) is 5.92 Å². The third-order valence-electron chi connectivity index (χ3n) is 6.60. The molecule has 2 fully saturated rings. The van der Waals surface area contributed by atoms with Crippen molar-refractivity contribution in [1.29, 1.82) is 0 Å². The molecule has 1 unspecified atom stereocenters. The molecule has 4 rings (SSSR count). The molecular weight excluding hydrogens is 364 g/mol. The van der Waals surface area contributed by atoms with Crippen molar-refractivity contribution in [3.8, 4) is 5.75 Å². The lowest BCUT2D eigenvalue weighted by Gasteiger charge is -2.33. The molecule has 2 aliphatic rings. The van der Waals surface area contributed by atoms with Crippen molar-refractivity contribution in [1.82, 2.24) is 9.97 Å². The van der Waals surface area contributed by atoms with E-state index in [4.69, 9.17) is 4.74 Å². The Bertz CT molecular complexity index is 807. The molecule has 1 aliphatic heterocycles. The topological polar surface area (TPSA) is 70.5 Å². The van der Waals surface area contributed by atoms with Crippen molar-refractivity contribution in [3.05, 3.63) is 42.2 Å². The Morgan fingerprint density at radius 3 is 2.83 bits per heavy atom. The molecule has 6 nitrogen and oxygen atoms in total. The number of piperidine rings is 1. The van der Waals surface area contributed by atoms with Gasteiger partial charge in [0.25, 0.3) is 0 Å². The van der Waals surface area contributed by atoms with Gasteiger partial charge >= 0.3 is 0 Å². The second kappa shape index (κ2) is 8.99. The number of nitrogens with zero attached hydrogens (tertiary/aromatic N) is 3. The predicted octanol–water partition coefficient (Wildman–Crippen LogP) is 3.62. The molecule has 1 saturated carbocycles. The molecule has 0 radical (unpaired) electrons. The summed E-state index contributed by atoms with van der Waals surface area (Å²) in [7, 11) is 1.75. The van der Waals surface area contributed by atoms with Gasteiger partial charge in [-0.2, -0.15) is 0 Å². The second-order valence-corrected chi connectivity index (χ2v) is 8.44. The zero-order valence-corrected chi connectivity index (χ0v) is 17.3. The quantitative estimate of drug-likeness (QED) is 0.745. The lowest BCUT2D eigenvalue weighted by atomic mass is 9.78. The van der Waals surface area contributed by atoms with Crippen molar-refractivity contribution >= 4 is 11.6 Å². The second-order valence-electron chi connectivity index (χ2n) is 8.44. The minimum Gasteiger partial charge on any atom is -0.496 e. The lowest BCUT2D eigenvalue weighted by Crippen LogP contribution is -2.37. The first-order chi connectivity index (χ1) is 14.2. The van der Waals surface area contributed by atoms with E-state index in [1.165, 1.54) is 18.4 Å². The van der Waals surface area contributed by atoms with Crippen LogP contribution in [-0.4, -0.2) is 48.4 Å². The number of rotatable bonds is 7. The molecule has 1 aromatic carbocycles. The van der Waals surface area contributed by atoms with Crippen LogP contribution in [0.4, 0.5) is 11.6 Å². The number of benzene rings is 1. The van der Waals surface area contributed by atoms with E-state index >= 15 is 0 Å². The van der Waals surface area contributed by atoms with E-state index in [2.05, 4.69) is 38.4 Å². The highest BCUT2D eigenvalue weighted by Crippen LogP contribution is 2.44. The fourth-order valence-electron chi connectivity index (χ4n) is 4.97. The van der Waals surface area contributed by atoms with Gasteiger partial charge in [-0.3, -0.25) is 0 Å². The fourth-order valence-corrected chi connectivity index (χ4v) is 4.97. The summed E-state index contributed by atoms with van der Waals surface area (Å²) in [5, 5.41) is 13.1. The van der Waals surface area contributed by atoms with E-state index in [1.807, 2.05) is 12.1 Å². The third-order valence-corrected chi connectivity index (χ3v) is 6.60. The predicted molar refractivity (Wildman–Crippen MR) is 116 cm³/mol. The number of anilines is 2. The van der Waals surface area contributed by atoms with E-state index in [1.54, 1.807) is 13.4 Å². The van der Waals surface area contributed by atoms with E-state index in [-0.39, 0.29) is 12.0 Å². The van der Waals surface area contributed by atoms with Gasteiger partial charge in [-0.25, -0.2) is 9.97 Å². The Hall–Kier alpha value is -2.34. The summed E-state index contributed by atoms with van der Waals surface area (Å²) < 4.78 is 5.67. The zero-order valence-electron chi connectivity index (χ0n) is 17.3. The van der Waals surface area contributed by atoms with Crippen molar-refractivity contribution in [2.24, 2.45) is 5.92 Å². The third kappa shape index (κ3) is 4.32. The Morgan fingerprint density at radius 2 is 2.03 bits per heavy atom. The standard InChI is InChI=1S/C23H32N4O2/c1-29-20-9-3-2-8-19(20)23(10-4-5-11-23)16-24-21-13-22(26-17-25-21)27-12-6-7-18(14-27)15-28/h2-3,8-9,13,17-18,28H,4-7,10-12,14-16H2,1H3,(H,24,25,26). The summed E-state index contributed by atoms with van der Waals surface area (Å²) in [5.74, 6) is 3.12. The van der Waals surface area contributed by atoms with Crippen molar-refractivity contribution in [2.45, 2.75) is 43.9 Å². The SMILES string of the molecule is COc1ccccc1C1(CNc2cc(N3CCCC(CO)C3)ncn2)CCCC1. The minimum atomic E-state index is 0.0742. The van der Waals surface area contributed by atoms with Gasteiger partial charge in [-0.1, -0.05) is 31.0 Å². The number of methoxy groups -OCH3 is 1. The van der Waals surface area contributed by atoms with Gasteiger partial charge in [-0.15, -0.1) is 0 Å². The van der Waals surface area contributed by atoms with Crippen LogP contribution in [0.15, 0.2) is 36.7 Å². The number of para-hydroxylation sites is 1. The minimum absolute atomic E-state index is 0.0742. The number of hydrogen-bond donors (Lipinski definition) is 2. The molecule has 2 heterocycles. The van der Waals surface area contributed by atoms with Crippen LogP contribution in [0.3, 0.4) is 0 Å². The summed E-state index contributed by atoms with van der Waals surface area (Å²) in [6, 6.07) is 10.5. The lowest BCUT2D eigenvalue weighted by molar-refractivity contribution is 0.208. The maximum atomic E-state index is 9.51. The maximum Gasteiger partial charge on any atom is 0.134 e. The van der Waals surface area contributed by atoms with Crippen molar-refractivity contribution < 1.29 is 9.84 Å². The van der Waals surface area contributed by atoms with Gasteiger partial charge in [0, 0.05) is 43.3 Å². The molecule has 1 aliphatic carbocycles. The molecule has 1 aromatic heterocycles. The smallest absolute Gasteiger partial charge is 0.134 e. The Balaban J connectivity index is 1.50. The molecule has 0 bridgehead atoms. The number of hydrogen-bond acceptors (Lipinski definition) is 6. The summed E-state index contributed by atoms with van der Waals surface area (Å²) in [6.07, 6.45) is 8.62. The molecular formula is C23H32N4O2. The number of aliphatic hydroxyl groups is 1. The molecule has 2 aromatic rings. The molecule has 0 amide bonds. The van der Waals surface area contributed by atoms with Crippen molar-refractivity contribution in [3.63, 3.8) is 0 Å². The van der Waals surface area contributed by atoms with Crippen LogP contribution < -0.4 is 15.0 Å². The Labute approximate surface area is 173 Å². The van der Waals surface area contributed by atoms with Gasteiger partial charge < -0.3 is 20.1 Å². The van der Waals surface area contributed by atoms with Crippen LogP contribution in [0.1, 0.15) is 44.1 Å². The first kappa shape index (κ1) is 20.0. The van der Waals surface area contributed by atoms with Gasteiger partial charge in [0.05, 0.1) is 7.11 Å². The van der Waals surface area contributed by atoms with E-state index in [9.17, 15) is 5.11 Å². The number of aliphatic hydroxyl groups excluding tert-OH is 1. The number of ether oxygens (including phenoxy) is 1. The van der Waals surface area contributed by atoms with Crippen LogP contribution in [0.25, 0.3) is 0 Å². The van der Waals surface area contributed by atoms with Crippen LogP contribution in [0.5, 0.6) is 5.75 Å². The average Bonchev–Trinajstić information content (AvgIpc) is 3.28. The molecule has 0 spiro atoms. The fraction of sp³-hybridized carbons (Fsp3) is 0.565. The van der Waals surface area contributed by atoms with Gasteiger partial charge in [0.2, 0.25) is 0 Å². The number of nitrogens with one attached hydrogen (secondary N) is 1. The normalized spacial score (nSPS) is 21.2. The highest BCUT2D eigenvalue weighted by atomic mass is 16.5. The first-order valence-corrected chi connectivity index (χ1v) is 10.8. The molecule has 1 atom stereocenters. The maximum absolute atomic E-state index is 9.51.